The first kappa shape index (κ1) is 10.2. The lowest BCUT2D eigenvalue weighted by molar-refractivity contribution is 0.0760. The van der Waals surface area contributed by atoms with Crippen LogP contribution in [0.4, 0.5) is 0 Å². The van der Waals surface area contributed by atoms with E-state index in [-0.39, 0.29) is 0 Å². The lowest BCUT2D eigenvalue weighted by Crippen LogP contribution is -2.03. The quantitative estimate of drug-likeness (QED) is 0.434. The van der Waals surface area contributed by atoms with E-state index in [1.807, 2.05) is 0 Å². The molecular formula is C8H17ClO. The third-order valence-electron chi connectivity index (χ3n) is 1.23. The predicted octanol–water partition coefficient (Wildman–Crippen LogP) is 2.82. The van der Waals surface area contributed by atoms with Gasteiger partial charge in [-0.3, -0.25) is 0 Å². The second-order valence-electron chi connectivity index (χ2n) is 2.67. The van der Waals surface area contributed by atoms with Gasteiger partial charge in [0.25, 0.3) is 0 Å². The van der Waals surface area contributed by atoms with Crippen molar-refractivity contribution in [2.75, 3.05) is 12.5 Å². The van der Waals surface area contributed by atoms with Gasteiger partial charge in [-0.05, 0) is 33.1 Å². The van der Waals surface area contributed by atoms with E-state index >= 15 is 0 Å². The molecule has 0 unspecified atom stereocenters. The second kappa shape index (κ2) is 7.36. The Kier molecular flexibility index (Phi) is 7.54. The zero-order chi connectivity index (χ0) is 7.82. The van der Waals surface area contributed by atoms with Crippen LogP contribution in [0.3, 0.4) is 0 Å². The zero-order valence-corrected chi connectivity index (χ0v) is 7.66. The van der Waals surface area contributed by atoms with Crippen molar-refractivity contribution in [3.63, 3.8) is 0 Å². The fraction of sp³-hybridized carbons (Fsp3) is 1.00. The Morgan fingerprint density at radius 1 is 1.20 bits per heavy atom. The Morgan fingerprint density at radius 2 is 1.90 bits per heavy atom. The fourth-order valence-corrected chi connectivity index (χ4v) is 0.881. The van der Waals surface area contributed by atoms with Crippen molar-refractivity contribution < 1.29 is 4.74 Å². The van der Waals surface area contributed by atoms with Crippen LogP contribution in [-0.2, 0) is 4.74 Å². The minimum Gasteiger partial charge on any atom is -0.379 e. The predicted molar refractivity (Wildman–Crippen MR) is 45.7 cm³/mol. The molecule has 1 nitrogen and oxygen atoms in total. The Hall–Kier alpha value is 0.250. The van der Waals surface area contributed by atoms with Crippen LogP contribution >= 0.6 is 11.6 Å². The maximum Gasteiger partial charge on any atom is 0.0518 e. The van der Waals surface area contributed by atoms with Gasteiger partial charge < -0.3 is 4.74 Å². The Balaban J connectivity index is 2.77. The summed E-state index contributed by atoms with van der Waals surface area (Å²) in [6.07, 6.45) is 3.82. The molecule has 0 aromatic carbocycles. The number of halogens is 1. The summed E-state index contributed by atoms with van der Waals surface area (Å²) in [5.74, 6) is 0.779. The van der Waals surface area contributed by atoms with Crippen LogP contribution in [-0.4, -0.2) is 18.6 Å². The maximum atomic E-state index is 5.50. The lowest BCUT2D eigenvalue weighted by atomic mass is 10.3. The highest BCUT2D eigenvalue weighted by Crippen LogP contribution is 1.98. The van der Waals surface area contributed by atoms with Crippen LogP contribution in [0.25, 0.3) is 0 Å². The summed E-state index contributed by atoms with van der Waals surface area (Å²) in [6.45, 7) is 5.00. The number of rotatable bonds is 6. The van der Waals surface area contributed by atoms with Crippen molar-refractivity contribution >= 4 is 11.6 Å². The molecule has 0 amide bonds. The summed E-state index contributed by atoms with van der Waals surface area (Å²) >= 11 is 5.50. The van der Waals surface area contributed by atoms with Crippen LogP contribution in [0.2, 0.25) is 0 Å². The molecule has 0 aromatic heterocycles. The molecular weight excluding hydrogens is 148 g/mol. The van der Waals surface area contributed by atoms with E-state index in [1.165, 1.54) is 6.42 Å². The van der Waals surface area contributed by atoms with E-state index < -0.39 is 0 Å². The van der Waals surface area contributed by atoms with Gasteiger partial charge in [0.1, 0.15) is 0 Å². The largest absolute Gasteiger partial charge is 0.379 e. The molecule has 0 aliphatic heterocycles. The molecule has 0 rings (SSSR count). The molecule has 0 aliphatic carbocycles. The van der Waals surface area contributed by atoms with Gasteiger partial charge >= 0.3 is 0 Å². The molecule has 10 heavy (non-hydrogen) atoms. The van der Waals surface area contributed by atoms with E-state index in [1.54, 1.807) is 0 Å². The van der Waals surface area contributed by atoms with Gasteiger partial charge in [-0.25, -0.2) is 0 Å². The minimum atomic E-state index is 0.371. The molecule has 0 N–H and O–H groups in total. The van der Waals surface area contributed by atoms with Gasteiger partial charge in [-0.15, -0.1) is 11.6 Å². The van der Waals surface area contributed by atoms with E-state index in [9.17, 15) is 0 Å². The van der Waals surface area contributed by atoms with Crippen LogP contribution < -0.4 is 0 Å². The number of unbranched alkanes of at least 4 members (excludes halogenated alkanes) is 2. The number of alkyl halides is 1. The average Bonchev–Trinajstić information content (AvgIpc) is 1.87. The van der Waals surface area contributed by atoms with Gasteiger partial charge in [-0.2, -0.15) is 0 Å². The molecule has 0 saturated heterocycles. The first-order valence-electron chi connectivity index (χ1n) is 3.95. The van der Waals surface area contributed by atoms with Gasteiger partial charge in [-0.1, -0.05) is 0 Å². The summed E-state index contributed by atoms with van der Waals surface area (Å²) in [7, 11) is 0. The first-order valence-corrected chi connectivity index (χ1v) is 4.48. The Labute approximate surface area is 68.7 Å². The van der Waals surface area contributed by atoms with Gasteiger partial charge in [0.15, 0.2) is 0 Å². The van der Waals surface area contributed by atoms with Gasteiger partial charge in [0.2, 0.25) is 0 Å². The highest BCUT2D eigenvalue weighted by molar-refractivity contribution is 6.17. The number of ether oxygens (including phenoxy) is 1. The van der Waals surface area contributed by atoms with E-state index in [2.05, 4.69) is 13.8 Å². The molecule has 0 radical (unpaired) electrons. The van der Waals surface area contributed by atoms with Crippen molar-refractivity contribution in [2.45, 2.75) is 39.2 Å². The highest BCUT2D eigenvalue weighted by Gasteiger charge is 1.91. The van der Waals surface area contributed by atoms with E-state index in [0.29, 0.717) is 6.10 Å². The van der Waals surface area contributed by atoms with Crippen molar-refractivity contribution in [3.05, 3.63) is 0 Å². The second-order valence-corrected chi connectivity index (χ2v) is 3.05. The molecule has 0 aliphatic rings. The Bertz CT molecular complexity index is 64.3. The van der Waals surface area contributed by atoms with Crippen LogP contribution in [0.15, 0.2) is 0 Å². The summed E-state index contributed by atoms with van der Waals surface area (Å²) < 4.78 is 5.35. The van der Waals surface area contributed by atoms with E-state index in [4.69, 9.17) is 16.3 Å². The SMILES string of the molecule is CC(C)OCCCCCCl. The summed E-state index contributed by atoms with van der Waals surface area (Å²) in [5.41, 5.74) is 0. The van der Waals surface area contributed by atoms with Gasteiger partial charge in [0, 0.05) is 12.5 Å². The topological polar surface area (TPSA) is 9.23 Å². The fourth-order valence-electron chi connectivity index (χ4n) is 0.692. The molecule has 0 saturated carbocycles. The number of hydrogen-bond donors (Lipinski definition) is 0. The smallest absolute Gasteiger partial charge is 0.0518 e. The van der Waals surface area contributed by atoms with Crippen molar-refractivity contribution in [2.24, 2.45) is 0 Å². The minimum absolute atomic E-state index is 0.371. The molecule has 0 heterocycles. The van der Waals surface area contributed by atoms with Gasteiger partial charge in [0.05, 0.1) is 6.10 Å². The maximum absolute atomic E-state index is 5.50. The molecule has 0 aromatic rings. The van der Waals surface area contributed by atoms with Crippen LogP contribution in [0.1, 0.15) is 33.1 Å². The summed E-state index contributed by atoms with van der Waals surface area (Å²) in [6, 6.07) is 0. The molecule has 0 fully saturated rings. The number of hydrogen-bond acceptors (Lipinski definition) is 1. The van der Waals surface area contributed by atoms with Crippen LogP contribution in [0, 0.1) is 0 Å². The molecule has 0 spiro atoms. The average molecular weight is 165 g/mol. The third kappa shape index (κ3) is 8.25. The summed E-state index contributed by atoms with van der Waals surface area (Å²) in [5, 5.41) is 0. The zero-order valence-electron chi connectivity index (χ0n) is 6.90. The summed E-state index contributed by atoms with van der Waals surface area (Å²) in [4.78, 5) is 0. The van der Waals surface area contributed by atoms with E-state index in [0.717, 1.165) is 25.3 Å². The van der Waals surface area contributed by atoms with Crippen molar-refractivity contribution in [3.8, 4) is 0 Å². The van der Waals surface area contributed by atoms with Crippen LogP contribution in [0.5, 0.6) is 0 Å². The van der Waals surface area contributed by atoms with Crippen molar-refractivity contribution in [1.29, 1.82) is 0 Å². The lowest BCUT2D eigenvalue weighted by Gasteiger charge is -2.05. The normalized spacial score (nSPS) is 10.8. The standard InChI is InChI=1S/C8H17ClO/c1-8(2)10-7-5-3-4-6-9/h8H,3-7H2,1-2H3. The molecule has 0 bridgehead atoms. The molecule has 0 atom stereocenters. The molecule has 2 heteroatoms. The Morgan fingerprint density at radius 3 is 2.40 bits per heavy atom. The highest BCUT2D eigenvalue weighted by atomic mass is 35.5. The first-order chi connectivity index (χ1) is 4.77. The molecule has 62 valence electrons. The third-order valence-corrected chi connectivity index (χ3v) is 1.50. The monoisotopic (exact) mass is 164 g/mol. The van der Waals surface area contributed by atoms with Crippen molar-refractivity contribution in [1.82, 2.24) is 0 Å².